The Kier molecular flexibility index (Phi) is 4.96. The summed E-state index contributed by atoms with van der Waals surface area (Å²) in [5, 5.41) is 11.9. The summed E-state index contributed by atoms with van der Waals surface area (Å²) in [5.74, 6) is -0.620. The summed E-state index contributed by atoms with van der Waals surface area (Å²) in [7, 11) is -3.88. The van der Waals surface area contributed by atoms with E-state index < -0.39 is 22.0 Å². The molecule has 0 saturated heterocycles. The van der Waals surface area contributed by atoms with E-state index in [1.165, 1.54) is 19.1 Å². The molecule has 1 atom stereocenters. The van der Waals surface area contributed by atoms with E-state index in [2.05, 4.69) is 10.0 Å². The second-order valence-corrected chi connectivity index (χ2v) is 6.44. The van der Waals surface area contributed by atoms with Crippen molar-refractivity contribution >= 4 is 21.6 Å². The summed E-state index contributed by atoms with van der Waals surface area (Å²) in [6.45, 7) is 5.00. The quantitative estimate of drug-likeness (QED) is 0.456. The summed E-state index contributed by atoms with van der Waals surface area (Å²) >= 11 is 0. The molecule has 1 unspecified atom stereocenters. The molecule has 8 heteroatoms. The van der Waals surface area contributed by atoms with Crippen LogP contribution >= 0.6 is 0 Å². The van der Waals surface area contributed by atoms with E-state index in [0.29, 0.717) is 0 Å². The molecule has 0 bridgehead atoms. The summed E-state index contributed by atoms with van der Waals surface area (Å²) in [6.07, 6.45) is 0. The van der Waals surface area contributed by atoms with Crippen LogP contribution in [0, 0.1) is 0 Å². The number of nitrogen functional groups attached to an aromatic ring is 1. The van der Waals surface area contributed by atoms with E-state index in [1.54, 1.807) is 13.8 Å². The van der Waals surface area contributed by atoms with Crippen LogP contribution in [0.1, 0.15) is 20.8 Å². The molecule has 7 nitrogen and oxygen atoms in total. The molecule has 0 aliphatic heterocycles. The van der Waals surface area contributed by atoms with Crippen LogP contribution in [-0.2, 0) is 14.8 Å². The van der Waals surface area contributed by atoms with Crippen LogP contribution in [0.3, 0.4) is 0 Å². The van der Waals surface area contributed by atoms with Crippen LogP contribution in [0.5, 0.6) is 5.75 Å². The third-order valence-electron chi connectivity index (χ3n) is 2.47. The Morgan fingerprint density at radius 3 is 2.40 bits per heavy atom. The predicted octanol–water partition coefficient (Wildman–Crippen LogP) is 0.166. The third kappa shape index (κ3) is 4.10. The molecule has 0 heterocycles. The number of sulfonamides is 1. The fraction of sp³-hybridized carbons (Fsp3) is 0.417. The normalized spacial score (nSPS) is 13.2. The van der Waals surface area contributed by atoms with Crippen molar-refractivity contribution in [3.8, 4) is 5.75 Å². The maximum absolute atomic E-state index is 12.1. The lowest BCUT2D eigenvalue weighted by Gasteiger charge is -2.16. The minimum atomic E-state index is -3.88. The Morgan fingerprint density at radius 1 is 1.30 bits per heavy atom. The predicted molar refractivity (Wildman–Crippen MR) is 75.6 cm³/mol. The Hall–Kier alpha value is -1.80. The van der Waals surface area contributed by atoms with Gasteiger partial charge in [0.1, 0.15) is 5.75 Å². The van der Waals surface area contributed by atoms with Gasteiger partial charge in [0.25, 0.3) is 0 Å². The molecule has 0 fully saturated rings. The van der Waals surface area contributed by atoms with Crippen molar-refractivity contribution in [2.45, 2.75) is 37.8 Å². The fourth-order valence-corrected chi connectivity index (χ4v) is 2.70. The Morgan fingerprint density at radius 2 is 1.90 bits per heavy atom. The number of nitrogens with two attached hydrogens (primary N) is 1. The molecule has 1 aromatic rings. The molecule has 0 spiro atoms. The topological polar surface area (TPSA) is 122 Å². The van der Waals surface area contributed by atoms with E-state index in [1.807, 2.05) is 0 Å². The van der Waals surface area contributed by atoms with Gasteiger partial charge in [0, 0.05) is 6.04 Å². The van der Waals surface area contributed by atoms with Crippen molar-refractivity contribution in [2.75, 3.05) is 5.73 Å². The third-order valence-corrected chi connectivity index (χ3v) is 4.00. The second kappa shape index (κ2) is 6.10. The standard InChI is InChI=1S/C12H19N3O4S/c1-7(2)14-12(17)8(3)15-20(18,19)9-4-5-11(16)10(13)6-9/h4-8,15-16H,13H2,1-3H3,(H,14,17). The highest BCUT2D eigenvalue weighted by Gasteiger charge is 2.22. The van der Waals surface area contributed by atoms with Crippen LogP contribution in [0.25, 0.3) is 0 Å². The summed E-state index contributed by atoms with van der Waals surface area (Å²) in [5.41, 5.74) is 5.40. The number of phenols is 1. The van der Waals surface area contributed by atoms with Gasteiger partial charge in [-0.15, -0.1) is 0 Å². The first-order chi connectivity index (χ1) is 9.13. The number of hydrogen-bond acceptors (Lipinski definition) is 5. The highest BCUT2D eigenvalue weighted by Crippen LogP contribution is 2.23. The van der Waals surface area contributed by atoms with Crippen molar-refractivity contribution in [1.29, 1.82) is 0 Å². The highest BCUT2D eigenvalue weighted by atomic mass is 32.2. The van der Waals surface area contributed by atoms with Gasteiger partial charge in [-0.2, -0.15) is 4.72 Å². The molecule has 20 heavy (non-hydrogen) atoms. The van der Waals surface area contributed by atoms with Crippen molar-refractivity contribution in [1.82, 2.24) is 10.0 Å². The molecular formula is C12H19N3O4S. The number of amides is 1. The number of rotatable bonds is 5. The van der Waals surface area contributed by atoms with Crippen molar-refractivity contribution in [3.63, 3.8) is 0 Å². The van der Waals surface area contributed by atoms with Crippen molar-refractivity contribution < 1.29 is 18.3 Å². The molecule has 0 radical (unpaired) electrons. The van der Waals surface area contributed by atoms with Crippen molar-refractivity contribution in [3.05, 3.63) is 18.2 Å². The van der Waals surface area contributed by atoms with E-state index in [0.717, 1.165) is 6.07 Å². The highest BCUT2D eigenvalue weighted by molar-refractivity contribution is 7.89. The number of carbonyl (C=O) groups excluding carboxylic acids is 1. The Bertz CT molecular complexity index is 599. The first kappa shape index (κ1) is 16.3. The van der Waals surface area contributed by atoms with E-state index in [-0.39, 0.29) is 22.4 Å². The lowest BCUT2D eigenvalue weighted by Crippen LogP contribution is -2.46. The van der Waals surface area contributed by atoms with Gasteiger partial charge < -0.3 is 16.2 Å². The van der Waals surface area contributed by atoms with Gasteiger partial charge in [-0.1, -0.05) is 0 Å². The molecule has 1 aromatic carbocycles. The van der Waals surface area contributed by atoms with Crippen LogP contribution in [0.15, 0.2) is 23.1 Å². The Balaban J connectivity index is 2.89. The number of hydrogen-bond donors (Lipinski definition) is 4. The lowest BCUT2D eigenvalue weighted by atomic mass is 10.3. The van der Waals surface area contributed by atoms with E-state index in [9.17, 15) is 18.3 Å². The van der Waals surface area contributed by atoms with E-state index in [4.69, 9.17) is 5.73 Å². The number of carbonyl (C=O) groups is 1. The summed E-state index contributed by atoms with van der Waals surface area (Å²) < 4.78 is 26.4. The van der Waals surface area contributed by atoms with Gasteiger partial charge in [-0.25, -0.2) is 8.42 Å². The number of benzene rings is 1. The fourth-order valence-electron chi connectivity index (χ4n) is 1.46. The molecule has 0 aromatic heterocycles. The average molecular weight is 301 g/mol. The molecule has 0 aliphatic rings. The van der Waals surface area contributed by atoms with Crippen LogP contribution < -0.4 is 15.8 Å². The smallest absolute Gasteiger partial charge is 0.241 e. The molecule has 1 rings (SSSR count). The van der Waals surface area contributed by atoms with Gasteiger partial charge in [-0.05, 0) is 39.0 Å². The SMILES string of the molecule is CC(C)NC(=O)C(C)NS(=O)(=O)c1ccc(O)c(N)c1. The number of aromatic hydroxyl groups is 1. The van der Waals surface area contributed by atoms with Gasteiger partial charge >= 0.3 is 0 Å². The summed E-state index contributed by atoms with van der Waals surface area (Å²) in [4.78, 5) is 11.6. The maximum Gasteiger partial charge on any atom is 0.241 e. The monoisotopic (exact) mass is 301 g/mol. The van der Waals surface area contributed by atoms with E-state index >= 15 is 0 Å². The van der Waals surface area contributed by atoms with Gasteiger partial charge in [0.2, 0.25) is 15.9 Å². The maximum atomic E-state index is 12.1. The molecular weight excluding hydrogens is 282 g/mol. The Labute approximate surface area is 118 Å². The lowest BCUT2D eigenvalue weighted by molar-refractivity contribution is -0.122. The van der Waals surface area contributed by atoms with Crippen LogP contribution in [0.4, 0.5) is 5.69 Å². The molecule has 0 aliphatic carbocycles. The number of anilines is 1. The van der Waals surface area contributed by atoms with Crippen LogP contribution in [0.2, 0.25) is 0 Å². The zero-order valence-corrected chi connectivity index (χ0v) is 12.4. The first-order valence-corrected chi connectivity index (χ1v) is 7.53. The first-order valence-electron chi connectivity index (χ1n) is 6.04. The van der Waals surface area contributed by atoms with Crippen molar-refractivity contribution in [2.24, 2.45) is 0 Å². The minimum Gasteiger partial charge on any atom is -0.506 e. The second-order valence-electron chi connectivity index (χ2n) is 4.73. The molecule has 5 N–H and O–H groups in total. The van der Waals surface area contributed by atoms with Crippen LogP contribution in [-0.4, -0.2) is 31.5 Å². The number of phenolic OH excluding ortho intramolecular Hbond substituents is 1. The largest absolute Gasteiger partial charge is 0.506 e. The average Bonchev–Trinajstić information content (AvgIpc) is 2.31. The molecule has 0 saturated carbocycles. The zero-order valence-electron chi connectivity index (χ0n) is 11.5. The minimum absolute atomic E-state index is 0.0489. The van der Waals surface area contributed by atoms with Gasteiger partial charge in [-0.3, -0.25) is 4.79 Å². The van der Waals surface area contributed by atoms with Gasteiger partial charge in [0.05, 0.1) is 16.6 Å². The molecule has 112 valence electrons. The zero-order chi connectivity index (χ0) is 15.5. The van der Waals surface area contributed by atoms with Gasteiger partial charge in [0.15, 0.2) is 0 Å². The molecule has 1 amide bonds. The number of nitrogens with one attached hydrogen (secondary N) is 2. The summed E-state index contributed by atoms with van der Waals surface area (Å²) in [6, 6.07) is 2.52.